The minimum absolute atomic E-state index is 0.610. The summed E-state index contributed by atoms with van der Waals surface area (Å²) in [5.74, 6) is 3.56. The maximum Gasteiger partial charge on any atom is 0.191 e. The van der Waals surface area contributed by atoms with Crippen molar-refractivity contribution < 1.29 is 4.74 Å². The second-order valence-electron chi connectivity index (χ2n) is 8.72. The summed E-state index contributed by atoms with van der Waals surface area (Å²) in [5.41, 5.74) is 2.32. The summed E-state index contributed by atoms with van der Waals surface area (Å²) < 4.78 is 6.05. The van der Waals surface area contributed by atoms with Gasteiger partial charge in [0.15, 0.2) is 5.96 Å². The summed E-state index contributed by atoms with van der Waals surface area (Å²) in [4.78, 5) is 14.1. The number of para-hydroxylation sites is 1. The molecule has 0 amide bonds. The third-order valence-corrected chi connectivity index (χ3v) is 5.99. The van der Waals surface area contributed by atoms with Gasteiger partial charge in [0.2, 0.25) is 0 Å². The van der Waals surface area contributed by atoms with Crippen molar-refractivity contribution in [3.8, 4) is 5.75 Å². The Morgan fingerprint density at radius 3 is 2.72 bits per heavy atom. The molecule has 0 spiro atoms. The smallest absolute Gasteiger partial charge is 0.191 e. The molecule has 1 aromatic heterocycles. The fourth-order valence-corrected chi connectivity index (χ4v) is 3.74. The first-order valence-corrected chi connectivity index (χ1v) is 11.8. The van der Waals surface area contributed by atoms with E-state index in [1.807, 2.05) is 18.3 Å². The van der Waals surface area contributed by atoms with E-state index in [4.69, 9.17) is 9.73 Å². The zero-order valence-electron chi connectivity index (χ0n) is 19.4. The molecule has 32 heavy (non-hydrogen) atoms. The molecule has 1 aliphatic carbocycles. The lowest BCUT2D eigenvalue weighted by molar-refractivity contribution is 0.296. The Bertz CT molecular complexity index is 890. The summed E-state index contributed by atoms with van der Waals surface area (Å²) in [5, 5.41) is 6.81. The van der Waals surface area contributed by atoms with Crippen molar-refractivity contribution in [1.82, 2.24) is 20.5 Å². The second kappa shape index (κ2) is 11.2. The highest BCUT2D eigenvalue weighted by atomic mass is 16.5. The van der Waals surface area contributed by atoms with Gasteiger partial charge in [0.1, 0.15) is 11.6 Å². The van der Waals surface area contributed by atoms with E-state index in [2.05, 4.69) is 63.7 Å². The van der Waals surface area contributed by atoms with Crippen LogP contribution in [0.2, 0.25) is 0 Å². The summed E-state index contributed by atoms with van der Waals surface area (Å²) in [6, 6.07) is 12.5. The predicted molar refractivity (Wildman–Crippen MR) is 130 cm³/mol. The minimum atomic E-state index is 0.610. The Morgan fingerprint density at radius 2 is 1.94 bits per heavy atom. The quantitative estimate of drug-likeness (QED) is 0.466. The van der Waals surface area contributed by atoms with E-state index >= 15 is 0 Å². The van der Waals surface area contributed by atoms with Crippen molar-refractivity contribution in [3.05, 3.63) is 53.7 Å². The van der Waals surface area contributed by atoms with Crippen LogP contribution in [-0.2, 0) is 13.1 Å². The van der Waals surface area contributed by atoms with E-state index in [9.17, 15) is 0 Å². The zero-order chi connectivity index (χ0) is 22.2. The highest BCUT2D eigenvalue weighted by Gasteiger charge is 2.22. The lowest BCUT2D eigenvalue weighted by Gasteiger charge is -2.33. The maximum atomic E-state index is 6.05. The average Bonchev–Trinajstić information content (AvgIpc) is 3.65. The Hall–Kier alpha value is -2.80. The minimum Gasteiger partial charge on any atom is -0.493 e. The third kappa shape index (κ3) is 6.60. The lowest BCUT2D eigenvalue weighted by Crippen LogP contribution is -2.44. The van der Waals surface area contributed by atoms with Gasteiger partial charge in [-0.05, 0) is 56.5 Å². The Labute approximate surface area is 191 Å². The lowest BCUT2D eigenvalue weighted by atomic mass is 10.2. The molecule has 4 rings (SSSR count). The number of nitrogens with zero attached hydrogens (tertiary/aromatic N) is 4. The number of anilines is 1. The van der Waals surface area contributed by atoms with Crippen LogP contribution in [0, 0.1) is 5.92 Å². The SMILES string of the molecule is CCNC(=NCc1ccnc(N2CCN(C)CC2)c1)NCc1ccccc1OCC1CC1. The van der Waals surface area contributed by atoms with Gasteiger partial charge in [0, 0.05) is 51.0 Å². The molecule has 7 nitrogen and oxygen atoms in total. The van der Waals surface area contributed by atoms with Crippen molar-refractivity contribution in [2.75, 3.05) is 51.3 Å². The number of piperazine rings is 1. The van der Waals surface area contributed by atoms with Crippen molar-refractivity contribution in [1.29, 1.82) is 0 Å². The van der Waals surface area contributed by atoms with Gasteiger partial charge < -0.3 is 25.2 Å². The topological polar surface area (TPSA) is 65.0 Å². The molecule has 1 aliphatic heterocycles. The number of benzene rings is 1. The number of aliphatic imine (C=N–C) groups is 1. The number of aromatic nitrogens is 1. The van der Waals surface area contributed by atoms with Gasteiger partial charge >= 0.3 is 0 Å². The van der Waals surface area contributed by atoms with Crippen molar-refractivity contribution in [3.63, 3.8) is 0 Å². The maximum absolute atomic E-state index is 6.05. The first-order valence-electron chi connectivity index (χ1n) is 11.8. The Kier molecular flexibility index (Phi) is 7.82. The monoisotopic (exact) mass is 436 g/mol. The largest absolute Gasteiger partial charge is 0.493 e. The number of hydrogen-bond donors (Lipinski definition) is 2. The molecular weight excluding hydrogens is 400 g/mol. The summed E-state index contributed by atoms with van der Waals surface area (Å²) in [7, 11) is 2.17. The van der Waals surface area contributed by atoms with Crippen LogP contribution in [0.4, 0.5) is 5.82 Å². The molecule has 172 valence electrons. The van der Waals surface area contributed by atoms with Crippen LogP contribution in [0.25, 0.3) is 0 Å². The van der Waals surface area contributed by atoms with Gasteiger partial charge in [-0.15, -0.1) is 0 Å². The van der Waals surface area contributed by atoms with Crippen LogP contribution in [0.3, 0.4) is 0 Å². The highest BCUT2D eigenvalue weighted by molar-refractivity contribution is 5.79. The molecule has 2 N–H and O–H groups in total. The summed E-state index contributed by atoms with van der Waals surface area (Å²) in [6.45, 7) is 9.19. The van der Waals surface area contributed by atoms with Gasteiger partial charge in [-0.2, -0.15) is 0 Å². The van der Waals surface area contributed by atoms with Crippen molar-refractivity contribution >= 4 is 11.8 Å². The molecule has 0 unspecified atom stereocenters. The molecule has 0 radical (unpaired) electrons. The molecule has 2 heterocycles. The first-order chi connectivity index (χ1) is 15.7. The predicted octanol–water partition coefficient (Wildman–Crippen LogP) is 2.88. The van der Waals surface area contributed by atoms with Gasteiger partial charge in [-0.3, -0.25) is 0 Å². The van der Waals surface area contributed by atoms with Crippen molar-refractivity contribution in [2.45, 2.75) is 32.9 Å². The number of pyridine rings is 1. The van der Waals surface area contributed by atoms with Crippen LogP contribution in [0.5, 0.6) is 5.75 Å². The van der Waals surface area contributed by atoms with Gasteiger partial charge in [0.25, 0.3) is 0 Å². The molecule has 2 fully saturated rings. The van der Waals surface area contributed by atoms with Crippen LogP contribution in [0.15, 0.2) is 47.6 Å². The summed E-state index contributed by atoms with van der Waals surface area (Å²) >= 11 is 0. The first kappa shape index (κ1) is 22.4. The summed E-state index contributed by atoms with van der Waals surface area (Å²) in [6.07, 6.45) is 4.48. The van der Waals surface area contributed by atoms with E-state index < -0.39 is 0 Å². The number of likely N-dealkylation sites (N-methyl/N-ethyl adjacent to an activating group) is 1. The van der Waals surface area contributed by atoms with E-state index in [0.717, 1.165) is 68.3 Å². The molecule has 1 aromatic carbocycles. The van der Waals surface area contributed by atoms with Gasteiger partial charge in [0.05, 0.1) is 13.2 Å². The van der Waals surface area contributed by atoms with E-state index in [-0.39, 0.29) is 0 Å². The molecule has 0 bridgehead atoms. The molecule has 2 aromatic rings. The van der Waals surface area contributed by atoms with Gasteiger partial charge in [-0.25, -0.2) is 9.98 Å². The highest BCUT2D eigenvalue weighted by Crippen LogP contribution is 2.30. The number of rotatable bonds is 9. The second-order valence-corrected chi connectivity index (χ2v) is 8.72. The van der Waals surface area contributed by atoms with Crippen molar-refractivity contribution in [2.24, 2.45) is 10.9 Å². The standard InChI is InChI=1S/C25H36N6O/c1-3-26-25(29-18-22-6-4-5-7-23(22)32-19-20-8-9-20)28-17-21-10-11-27-24(16-21)31-14-12-30(2)13-15-31/h4-7,10-11,16,20H,3,8-9,12-15,17-19H2,1-2H3,(H2,26,28,29). The van der Waals surface area contributed by atoms with Crippen LogP contribution in [-0.4, -0.2) is 62.2 Å². The molecule has 7 heteroatoms. The van der Waals surface area contributed by atoms with Gasteiger partial charge in [-0.1, -0.05) is 18.2 Å². The molecule has 2 aliphatic rings. The number of guanidine groups is 1. The third-order valence-electron chi connectivity index (χ3n) is 5.99. The van der Waals surface area contributed by atoms with E-state index in [0.29, 0.717) is 13.1 Å². The number of nitrogens with one attached hydrogen (secondary N) is 2. The van der Waals surface area contributed by atoms with Crippen LogP contribution in [0.1, 0.15) is 30.9 Å². The van der Waals surface area contributed by atoms with Crippen LogP contribution < -0.4 is 20.3 Å². The average molecular weight is 437 g/mol. The number of ether oxygens (including phenoxy) is 1. The fourth-order valence-electron chi connectivity index (χ4n) is 3.74. The fraction of sp³-hybridized carbons (Fsp3) is 0.520. The van der Waals surface area contributed by atoms with E-state index in [1.165, 1.54) is 18.4 Å². The Balaban J connectivity index is 1.36. The Morgan fingerprint density at radius 1 is 1.12 bits per heavy atom. The van der Waals surface area contributed by atoms with E-state index in [1.54, 1.807) is 0 Å². The molecular formula is C25H36N6O. The molecule has 0 atom stereocenters. The molecule has 1 saturated heterocycles. The zero-order valence-corrected chi connectivity index (χ0v) is 19.4. The number of hydrogen-bond acceptors (Lipinski definition) is 5. The van der Waals surface area contributed by atoms with Crippen LogP contribution >= 0.6 is 0 Å². The normalized spacial score (nSPS) is 17.3. The molecule has 1 saturated carbocycles.